The molecule has 2 heterocycles. The summed E-state index contributed by atoms with van der Waals surface area (Å²) in [5.74, 6) is -3.63. The van der Waals surface area contributed by atoms with Crippen molar-refractivity contribution in [2.45, 2.75) is 44.3 Å². The maximum atomic E-state index is 13.9. The Morgan fingerprint density at radius 3 is 2.24 bits per heavy atom. The smallest absolute Gasteiger partial charge is 0.322 e. The van der Waals surface area contributed by atoms with E-state index in [9.17, 15) is 27.6 Å². The topological polar surface area (TPSA) is 95.7 Å². The minimum absolute atomic E-state index is 0.0610. The number of carbonyl (C=O) groups is 3. The second kappa shape index (κ2) is 9.46. The van der Waals surface area contributed by atoms with E-state index in [2.05, 4.69) is 5.32 Å². The highest BCUT2D eigenvalue weighted by Crippen LogP contribution is 2.32. The molecule has 7 nitrogen and oxygen atoms in total. The number of hydrogen-bond acceptors (Lipinski definition) is 4. The summed E-state index contributed by atoms with van der Waals surface area (Å²) in [6.45, 7) is 2.21. The highest BCUT2D eigenvalue weighted by Gasteiger charge is 2.47. The summed E-state index contributed by atoms with van der Waals surface area (Å²) in [5, 5.41) is 2.81. The summed E-state index contributed by atoms with van der Waals surface area (Å²) in [7, 11) is 0. The summed E-state index contributed by atoms with van der Waals surface area (Å²) in [4.78, 5) is 40.2. The number of benzene rings is 2. The highest BCUT2D eigenvalue weighted by atomic mass is 19.2. The molecule has 4 rings (SSSR count). The van der Waals surface area contributed by atoms with Crippen molar-refractivity contribution in [1.82, 2.24) is 9.80 Å². The zero-order valence-corrected chi connectivity index (χ0v) is 18.6. The Hall–Kier alpha value is -3.40. The third kappa shape index (κ3) is 4.91. The molecule has 0 unspecified atom stereocenters. The molecule has 2 aliphatic rings. The number of urea groups is 1. The first-order valence-corrected chi connectivity index (χ1v) is 11.0. The second-order valence-electron chi connectivity index (χ2n) is 8.83. The zero-order chi connectivity index (χ0) is 24.6. The van der Waals surface area contributed by atoms with E-state index in [1.54, 1.807) is 34.1 Å². The van der Waals surface area contributed by atoms with Crippen molar-refractivity contribution in [1.29, 1.82) is 0 Å². The standard InChI is InChI=1S/C24H25F3N4O3/c1-13(32)14-2-4-17(5-3-14)29-24(34)31-12-18-9-19(31)11-30(18)23(33)8-16(28)6-15-7-21(26)22(27)10-20(15)25/h2-5,7,10,16,18-19H,6,8-9,11-12,28H2,1H3,(H,29,34)/t16-,18+,19+/m1/s1. The van der Waals surface area contributed by atoms with Gasteiger partial charge in [0, 0.05) is 42.9 Å². The van der Waals surface area contributed by atoms with Gasteiger partial charge in [-0.3, -0.25) is 9.59 Å². The van der Waals surface area contributed by atoms with Gasteiger partial charge in [-0.2, -0.15) is 0 Å². The van der Waals surface area contributed by atoms with Crippen molar-refractivity contribution in [2.24, 2.45) is 5.73 Å². The molecule has 0 aromatic heterocycles. The quantitative estimate of drug-likeness (QED) is 0.497. The van der Waals surface area contributed by atoms with Gasteiger partial charge in [0.1, 0.15) is 5.82 Å². The molecule has 0 spiro atoms. The van der Waals surface area contributed by atoms with Gasteiger partial charge in [-0.25, -0.2) is 18.0 Å². The predicted molar refractivity (Wildman–Crippen MR) is 119 cm³/mol. The molecule has 0 radical (unpaired) electrons. The molecule has 2 saturated heterocycles. The molecule has 180 valence electrons. The van der Waals surface area contributed by atoms with Crippen LogP contribution in [0.1, 0.15) is 35.7 Å². The lowest BCUT2D eigenvalue weighted by Crippen LogP contribution is -2.52. The summed E-state index contributed by atoms with van der Waals surface area (Å²) in [5.41, 5.74) is 7.04. The number of amides is 3. The number of nitrogens with one attached hydrogen (secondary N) is 1. The van der Waals surface area contributed by atoms with Gasteiger partial charge in [0.25, 0.3) is 0 Å². The van der Waals surface area contributed by atoms with Crippen molar-refractivity contribution < 1.29 is 27.6 Å². The number of nitrogens with zero attached hydrogens (tertiary/aromatic N) is 2. The first-order valence-electron chi connectivity index (χ1n) is 11.0. The highest BCUT2D eigenvalue weighted by molar-refractivity contribution is 5.95. The SMILES string of the molecule is CC(=O)c1ccc(NC(=O)N2C[C@@H]3C[C@H]2CN3C(=O)C[C@H](N)Cc2cc(F)c(F)cc2F)cc1. The second-order valence-corrected chi connectivity index (χ2v) is 8.83. The maximum Gasteiger partial charge on any atom is 0.322 e. The summed E-state index contributed by atoms with van der Waals surface area (Å²) >= 11 is 0. The fraction of sp³-hybridized carbons (Fsp3) is 0.375. The molecule has 0 aliphatic carbocycles. The first-order chi connectivity index (χ1) is 16.1. The van der Waals surface area contributed by atoms with Crippen molar-refractivity contribution in [2.75, 3.05) is 18.4 Å². The average molecular weight is 474 g/mol. The van der Waals surface area contributed by atoms with Gasteiger partial charge in [0.05, 0.1) is 12.1 Å². The van der Waals surface area contributed by atoms with Crippen LogP contribution in [0.25, 0.3) is 0 Å². The van der Waals surface area contributed by atoms with E-state index in [0.29, 0.717) is 36.8 Å². The van der Waals surface area contributed by atoms with E-state index in [4.69, 9.17) is 5.73 Å². The molecule has 2 aromatic carbocycles. The Labute approximate surface area is 194 Å². The summed E-state index contributed by atoms with van der Waals surface area (Å²) in [6, 6.07) is 6.53. The number of halogens is 3. The van der Waals surface area contributed by atoms with Crippen LogP contribution >= 0.6 is 0 Å². The molecule has 2 aliphatic heterocycles. The van der Waals surface area contributed by atoms with Crippen LogP contribution in [0.3, 0.4) is 0 Å². The number of hydrogen-bond donors (Lipinski definition) is 2. The molecule has 3 atom stereocenters. The maximum absolute atomic E-state index is 13.9. The van der Waals surface area contributed by atoms with Gasteiger partial charge in [-0.1, -0.05) is 0 Å². The Bertz CT molecular complexity index is 1130. The normalized spacial score (nSPS) is 19.9. The number of ketones is 1. The fourth-order valence-electron chi connectivity index (χ4n) is 4.62. The van der Waals surface area contributed by atoms with E-state index in [1.807, 2.05) is 0 Å². The number of anilines is 1. The molecule has 2 fully saturated rings. The van der Waals surface area contributed by atoms with Crippen LogP contribution in [-0.4, -0.2) is 58.7 Å². The molecule has 10 heteroatoms. The monoisotopic (exact) mass is 474 g/mol. The fourth-order valence-corrected chi connectivity index (χ4v) is 4.62. The number of carbonyl (C=O) groups excluding carboxylic acids is 3. The number of Topliss-reactive ketones (excluding diaryl/α,β-unsaturated/α-hetero) is 1. The van der Waals surface area contributed by atoms with Crippen molar-refractivity contribution >= 4 is 23.4 Å². The molecule has 3 amide bonds. The average Bonchev–Trinajstić information content (AvgIpc) is 3.39. The summed E-state index contributed by atoms with van der Waals surface area (Å²) in [6.07, 6.45) is 0.472. The Morgan fingerprint density at radius 2 is 1.62 bits per heavy atom. The number of fused-ring (bicyclic) bond motifs is 2. The van der Waals surface area contributed by atoms with E-state index >= 15 is 0 Å². The lowest BCUT2D eigenvalue weighted by Gasteiger charge is -2.34. The van der Waals surface area contributed by atoms with Gasteiger partial charge in [0.15, 0.2) is 17.4 Å². The van der Waals surface area contributed by atoms with Crippen molar-refractivity contribution in [3.8, 4) is 0 Å². The zero-order valence-electron chi connectivity index (χ0n) is 18.6. The number of piperazine rings is 1. The van der Waals surface area contributed by atoms with Crippen LogP contribution in [0.2, 0.25) is 0 Å². The van der Waals surface area contributed by atoms with E-state index < -0.39 is 23.5 Å². The van der Waals surface area contributed by atoms with E-state index in [0.717, 1.165) is 6.07 Å². The largest absolute Gasteiger partial charge is 0.336 e. The molecule has 2 bridgehead atoms. The van der Waals surface area contributed by atoms with Crippen LogP contribution in [0, 0.1) is 17.5 Å². The van der Waals surface area contributed by atoms with E-state index in [1.165, 1.54) is 6.92 Å². The molecule has 0 saturated carbocycles. The van der Waals surface area contributed by atoms with Crippen molar-refractivity contribution in [3.63, 3.8) is 0 Å². The van der Waals surface area contributed by atoms with E-state index in [-0.39, 0.29) is 48.2 Å². The lowest BCUT2D eigenvalue weighted by molar-refractivity contribution is -0.133. The molecule has 3 N–H and O–H groups in total. The van der Waals surface area contributed by atoms with Gasteiger partial charge in [-0.05, 0) is 55.7 Å². The van der Waals surface area contributed by atoms with Gasteiger partial charge in [-0.15, -0.1) is 0 Å². The predicted octanol–water partition coefficient (Wildman–Crippen LogP) is 3.08. The molecule has 2 aromatic rings. The van der Waals surface area contributed by atoms with Gasteiger partial charge < -0.3 is 20.9 Å². The molecular formula is C24H25F3N4O3. The van der Waals surface area contributed by atoms with Crippen LogP contribution in [0.5, 0.6) is 0 Å². The van der Waals surface area contributed by atoms with Crippen LogP contribution in [0.4, 0.5) is 23.7 Å². The Kier molecular flexibility index (Phi) is 6.60. The molecule has 34 heavy (non-hydrogen) atoms. The first kappa shape index (κ1) is 23.7. The van der Waals surface area contributed by atoms with Crippen LogP contribution in [-0.2, 0) is 11.2 Å². The third-order valence-electron chi connectivity index (χ3n) is 6.37. The lowest BCUT2D eigenvalue weighted by atomic mass is 10.0. The van der Waals surface area contributed by atoms with Crippen LogP contribution < -0.4 is 11.1 Å². The number of nitrogens with two attached hydrogens (primary N) is 1. The Morgan fingerprint density at radius 1 is 1.00 bits per heavy atom. The van der Waals surface area contributed by atoms with Crippen LogP contribution in [0.15, 0.2) is 36.4 Å². The van der Waals surface area contributed by atoms with Gasteiger partial charge >= 0.3 is 6.03 Å². The number of likely N-dealkylation sites (tertiary alicyclic amines) is 2. The Balaban J connectivity index is 1.29. The van der Waals surface area contributed by atoms with Gasteiger partial charge in [0.2, 0.25) is 5.91 Å². The third-order valence-corrected chi connectivity index (χ3v) is 6.37. The minimum atomic E-state index is -1.28. The molecular weight excluding hydrogens is 449 g/mol. The van der Waals surface area contributed by atoms with Crippen molar-refractivity contribution in [3.05, 3.63) is 65.0 Å². The number of rotatable bonds is 6. The summed E-state index contributed by atoms with van der Waals surface area (Å²) < 4.78 is 40.4. The minimum Gasteiger partial charge on any atom is -0.336 e.